The van der Waals surface area contributed by atoms with E-state index in [1.807, 2.05) is 36.4 Å². The summed E-state index contributed by atoms with van der Waals surface area (Å²) in [4.78, 5) is 0. The zero-order chi connectivity index (χ0) is 9.38. The molecule has 1 aromatic heterocycles. The summed E-state index contributed by atoms with van der Waals surface area (Å²) in [5, 5.41) is 2.29. The normalized spacial score (nSPS) is 10.1. The van der Waals surface area contributed by atoms with E-state index in [1.54, 1.807) is 0 Å². The SMILES string of the molecule is [Cl-].c1ccc2[o+]c3ccccc3cc2c1. The van der Waals surface area contributed by atoms with Crippen LogP contribution in [0.1, 0.15) is 0 Å². The van der Waals surface area contributed by atoms with Gasteiger partial charge in [-0.15, -0.1) is 0 Å². The van der Waals surface area contributed by atoms with Crippen LogP contribution >= 0.6 is 0 Å². The van der Waals surface area contributed by atoms with Gasteiger partial charge in [-0.1, -0.05) is 24.3 Å². The van der Waals surface area contributed by atoms with Gasteiger partial charge in [-0.2, -0.15) is 0 Å². The molecular weight excluding hydrogens is 208 g/mol. The molecule has 1 heterocycles. The molecule has 0 spiro atoms. The van der Waals surface area contributed by atoms with Crippen LogP contribution in [0.15, 0.2) is 59.0 Å². The Morgan fingerprint density at radius 1 is 0.667 bits per heavy atom. The summed E-state index contributed by atoms with van der Waals surface area (Å²) >= 11 is 0. The first kappa shape index (κ1) is 9.94. The highest BCUT2D eigenvalue weighted by Crippen LogP contribution is 2.21. The molecule has 0 saturated carbocycles. The summed E-state index contributed by atoms with van der Waals surface area (Å²) in [7, 11) is 0. The second kappa shape index (κ2) is 3.87. The van der Waals surface area contributed by atoms with Crippen LogP contribution in [0, 0.1) is 0 Å². The second-order valence-corrected chi connectivity index (χ2v) is 3.32. The minimum absolute atomic E-state index is 0. The molecule has 0 radical (unpaired) electrons. The third-order valence-electron chi connectivity index (χ3n) is 2.37. The Balaban J connectivity index is 0.000000853. The van der Waals surface area contributed by atoms with Gasteiger partial charge in [0.05, 0.1) is 10.8 Å². The predicted octanol–water partition coefficient (Wildman–Crippen LogP) is 0.871. The van der Waals surface area contributed by atoms with Crippen LogP contribution in [0.5, 0.6) is 0 Å². The van der Waals surface area contributed by atoms with Gasteiger partial charge in [0, 0.05) is 12.1 Å². The molecule has 3 aromatic rings. The van der Waals surface area contributed by atoms with E-state index < -0.39 is 0 Å². The molecule has 3 rings (SSSR count). The summed E-state index contributed by atoms with van der Waals surface area (Å²) in [5.41, 5.74) is 1.87. The molecule has 0 aliphatic carbocycles. The maximum absolute atomic E-state index is 5.75. The molecule has 0 N–H and O–H groups in total. The van der Waals surface area contributed by atoms with Crippen LogP contribution in [0.2, 0.25) is 0 Å². The van der Waals surface area contributed by atoms with Crippen LogP contribution in [0.3, 0.4) is 0 Å². The Morgan fingerprint density at radius 2 is 1.13 bits per heavy atom. The summed E-state index contributed by atoms with van der Waals surface area (Å²) in [6.07, 6.45) is 0. The van der Waals surface area contributed by atoms with Gasteiger partial charge < -0.3 is 12.4 Å². The van der Waals surface area contributed by atoms with E-state index in [0.717, 1.165) is 21.9 Å². The van der Waals surface area contributed by atoms with Gasteiger partial charge in [-0.25, -0.2) is 4.42 Å². The zero-order valence-electron chi connectivity index (χ0n) is 7.98. The van der Waals surface area contributed by atoms with Crippen molar-refractivity contribution in [1.82, 2.24) is 0 Å². The van der Waals surface area contributed by atoms with Crippen molar-refractivity contribution < 1.29 is 16.8 Å². The Labute approximate surface area is 93.8 Å². The van der Waals surface area contributed by atoms with E-state index in [1.165, 1.54) is 0 Å². The smallest absolute Gasteiger partial charge is 0.360 e. The summed E-state index contributed by atoms with van der Waals surface area (Å²) < 4.78 is 5.75. The molecule has 0 bridgehead atoms. The summed E-state index contributed by atoms with van der Waals surface area (Å²) in [5.74, 6) is 0. The third-order valence-corrected chi connectivity index (χ3v) is 2.37. The van der Waals surface area contributed by atoms with Crippen LogP contribution in [0.4, 0.5) is 0 Å². The number of fused-ring (bicyclic) bond motifs is 2. The topological polar surface area (TPSA) is 11.3 Å². The lowest BCUT2D eigenvalue weighted by Crippen LogP contribution is -3.00. The van der Waals surface area contributed by atoms with Crippen molar-refractivity contribution >= 4 is 21.9 Å². The first-order chi connectivity index (χ1) is 6.93. The molecular formula is C13H9ClO. The molecule has 0 amide bonds. The van der Waals surface area contributed by atoms with Crippen molar-refractivity contribution in [3.05, 3.63) is 54.6 Å². The molecule has 0 aliphatic heterocycles. The highest BCUT2D eigenvalue weighted by atomic mass is 35.5. The molecule has 15 heavy (non-hydrogen) atoms. The number of rotatable bonds is 0. The molecule has 0 aliphatic rings. The molecule has 0 atom stereocenters. The Kier molecular flexibility index (Phi) is 2.57. The lowest BCUT2D eigenvalue weighted by atomic mass is 10.1. The summed E-state index contributed by atoms with van der Waals surface area (Å²) in [6, 6.07) is 18.3. The van der Waals surface area contributed by atoms with Gasteiger partial charge in [0.1, 0.15) is 0 Å². The van der Waals surface area contributed by atoms with Crippen LogP contribution < -0.4 is 12.4 Å². The van der Waals surface area contributed by atoms with Crippen LogP contribution in [-0.2, 0) is 0 Å². The fraction of sp³-hybridized carbons (Fsp3) is 0. The van der Waals surface area contributed by atoms with Gasteiger partial charge in [0.25, 0.3) is 0 Å². The lowest BCUT2D eigenvalue weighted by molar-refractivity contribution is -0.00000315. The first-order valence-corrected chi connectivity index (χ1v) is 4.64. The zero-order valence-corrected chi connectivity index (χ0v) is 8.74. The van der Waals surface area contributed by atoms with E-state index in [0.29, 0.717) is 0 Å². The van der Waals surface area contributed by atoms with Gasteiger partial charge in [-0.3, -0.25) is 0 Å². The van der Waals surface area contributed by atoms with Crippen molar-refractivity contribution in [2.75, 3.05) is 0 Å². The molecule has 1 nitrogen and oxygen atoms in total. The highest BCUT2D eigenvalue weighted by Gasteiger charge is 2.09. The van der Waals surface area contributed by atoms with Gasteiger partial charge >= 0.3 is 11.2 Å². The fourth-order valence-corrected chi connectivity index (χ4v) is 1.67. The van der Waals surface area contributed by atoms with E-state index in [9.17, 15) is 0 Å². The van der Waals surface area contributed by atoms with Gasteiger partial charge in [-0.05, 0) is 18.2 Å². The van der Waals surface area contributed by atoms with Crippen molar-refractivity contribution in [1.29, 1.82) is 0 Å². The van der Waals surface area contributed by atoms with Gasteiger partial charge in [0.15, 0.2) is 0 Å². The second-order valence-electron chi connectivity index (χ2n) is 3.32. The van der Waals surface area contributed by atoms with E-state index in [-0.39, 0.29) is 12.4 Å². The Bertz CT molecular complexity index is 499. The highest BCUT2D eigenvalue weighted by molar-refractivity contribution is 5.89. The molecule has 2 heteroatoms. The van der Waals surface area contributed by atoms with E-state index in [4.69, 9.17) is 4.42 Å². The van der Waals surface area contributed by atoms with Crippen molar-refractivity contribution in [3.8, 4) is 0 Å². The van der Waals surface area contributed by atoms with Crippen molar-refractivity contribution in [2.24, 2.45) is 0 Å². The minimum Gasteiger partial charge on any atom is -1.00 e. The average molecular weight is 217 g/mol. The first-order valence-electron chi connectivity index (χ1n) is 4.64. The molecule has 2 aromatic carbocycles. The molecule has 0 unspecified atom stereocenters. The number of benzene rings is 2. The Morgan fingerprint density at radius 3 is 1.67 bits per heavy atom. The number of halogens is 1. The molecule has 74 valence electrons. The maximum atomic E-state index is 5.75. The monoisotopic (exact) mass is 216 g/mol. The summed E-state index contributed by atoms with van der Waals surface area (Å²) in [6.45, 7) is 0. The van der Waals surface area contributed by atoms with E-state index in [2.05, 4.69) is 18.2 Å². The lowest BCUT2D eigenvalue weighted by Gasteiger charge is -1.89. The largest absolute Gasteiger partial charge is 1.00 e. The van der Waals surface area contributed by atoms with Crippen LogP contribution in [0.25, 0.3) is 21.9 Å². The Hall–Kier alpha value is -1.60. The minimum atomic E-state index is 0. The maximum Gasteiger partial charge on any atom is 0.360 e. The van der Waals surface area contributed by atoms with Crippen molar-refractivity contribution in [3.63, 3.8) is 0 Å². The quantitative estimate of drug-likeness (QED) is 0.401. The number of hydrogen-bond acceptors (Lipinski definition) is 0. The number of hydrogen-bond donors (Lipinski definition) is 0. The van der Waals surface area contributed by atoms with Crippen molar-refractivity contribution in [2.45, 2.75) is 0 Å². The fourth-order valence-electron chi connectivity index (χ4n) is 1.67. The number of para-hydroxylation sites is 2. The molecule has 0 fully saturated rings. The third kappa shape index (κ3) is 1.66. The standard InChI is InChI=1S/C13H9O.ClH/c1-3-7-12-10(5-1)9-11-6-2-4-8-13(11)14-12;/h1-9H;1H/q+1;/p-1. The van der Waals surface area contributed by atoms with E-state index >= 15 is 0 Å². The predicted molar refractivity (Wildman–Crippen MR) is 58.1 cm³/mol. The average Bonchev–Trinajstić information content (AvgIpc) is 2.26. The van der Waals surface area contributed by atoms with Crippen LogP contribution in [-0.4, -0.2) is 0 Å². The molecule has 0 saturated heterocycles. The van der Waals surface area contributed by atoms with Gasteiger partial charge in [0.2, 0.25) is 0 Å².